The fourth-order valence-corrected chi connectivity index (χ4v) is 4.72. The number of piperazine rings is 1. The standard InChI is InChI=1S/C27H29Cl2FN4O/c1-4-17(2)25-31-18(3)20(16-21-23(29)10-7-11-24(21)30)26(32-25)33-12-14-34(15-13-33)27(35)19-8-5-6-9-22(19)28/h5-11,17H,4,12-16H2,1-3H3/t17-/m1/s1. The highest BCUT2D eigenvalue weighted by Gasteiger charge is 2.27. The van der Waals surface area contributed by atoms with Crippen molar-refractivity contribution < 1.29 is 9.18 Å². The second-order valence-electron chi connectivity index (χ2n) is 8.91. The van der Waals surface area contributed by atoms with Crippen LogP contribution in [-0.4, -0.2) is 47.0 Å². The lowest BCUT2D eigenvalue weighted by Gasteiger charge is -2.37. The first kappa shape index (κ1) is 25.4. The third-order valence-electron chi connectivity index (χ3n) is 6.65. The van der Waals surface area contributed by atoms with Gasteiger partial charge in [0.25, 0.3) is 5.91 Å². The normalized spacial score (nSPS) is 14.8. The van der Waals surface area contributed by atoms with Gasteiger partial charge >= 0.3 is 0 Å². The summed E-state index contributed by atoms with van der Waals surface area (Å²) in [6, 6.07) is 11.8. The number of anilines is 1. The molecule has 2 aromatic carbocycles. The number of aromatic nitrogens is 2. The van der Waals surface area contributed by atoms with E-state index in [0.717, 1.165) is 29.3 Å². The fourth-order valence-electron chi connectivity index (χ4n) is 4.28. The highest BCUT2D eigenvalue weighted by molar-refractivity contribution is 6.33. The van der Waals surface area contributed by atoms with Gasteiger partial charge in [-0.05, 0) is 37.6 Å². The van der Waals surface area contributed by atoms with Gasteiger partial charge < -0.3 is 9.80 Å². The molecule has 1 aromatic heterocycles. The van der Waals surface area contributed by atoms with E-state index >= 15 is 0 Å². The van der Waals surface area contributed by atoms with Gasteiger partial charge in [-0.25, -0.2) is 14.4 Å². The molecular weight excluding hydrogens is 486 g/mol. The number of aryl methyl sites for hydroxylation is 1. The molecule has 35 heavy (non-hydrogen) atoms. The van der Waals surface area contributed by atoms with Gasteiger partial charge in [0.15, 0.2) is 0 Å². The molecule has 1 aliphatic heterocycles. The summed E-state index contributed by atoms with van der Waals surface area (Å²) in [5.74, 6) is 1.34. The lowest BCUT2D eigenvalue weighted by atomic mass is 10.0. The summed E-state index contributed by atoms with van der Waals surface area (Å²) in [5, 5.41) is 0.838. The number of amides is 1. The number of benzene rings is 2. The predicted molar refractivity (Wildman–Crippen MR) is 139 cm³/mol. The van der Waals surface area contributed by atoms with E-state index in [0.29, 0.717) is 53.8 Å². The van der Waals surface area contributed by atoms with Gasteiger partial charge in [-0.2, -0.15) is 0 Å². The molecule has 1 amide bonds. The van der Waals surface area contributed by atoms with Crippen molar-refractivity contribution >= 4 is 34.9 Å². The van der Waals surface area contributed by atoms with E-state index < -0.39 is 0 Å². The zero-order valence-corrected chi connectivity index (χ0v) is 21.7. The number of halogens is 3. The minimum atomic E-state index is -0.344. The van der Waals surface area contributed by atoms with Crippen molar-refractivity contribution in [1.29, 1.82) is 0 Å². The van der Waals surface area contributed by atoms with Crippen LogP contribution < -0.4 is 4.90 Å². The van der Waals surface area contributed by atoms with Crippen molar-refractivity contribution in [2.45, 2.75) is 39.5 Å². The molecule has 0 N–H and O–H groups in total. The monoisotopic (exact) mass is 514 g/mol. The molecule has 4 rings (SSSR count). The van der Waals surface area contributed by atoms with Crippen LogP contribution in [0, 0.1) is 12.7 Å². The first-order valence-corrected chi connectivity index (χ1v) is 12.6. The van der Waals surface area contributed by atoms with Crippen molar-refractivity contribution in [3.05, 3.63) is 86.5 Å². The Hall–Kier alpha value is -2.70. The Balaban J connectivity index is 1.63. The van der Waals surface area contributed by atoms with Crippen LogP contribution in [0.5, 0.6) is 0 Å². The Morgan fingerprint density at radius 2 is 1.69 bits per heavy atom. The highest BCUT2D eigenvalue weighted by Crippen LogP contribution is 2.31. The summed E-state index contributed by atoms with van der Waals surface area (Å²) in [4.78, 5) is 26.7. The lowest BCUT2D eigenvalue weighted by molar-refractivity contribution is 0.0746. The van der Waals surface area contributed by atoms with Crippen molar-refractivity contribution in [3.63, 3.8) is 0 Å². The van der Waals surface area contributed by atoms with Crippen molar-refractivity contribution in [1.82, 2.24) is 14.9 Å². The quantitative estimate of drug-likeness (QED) is 0.387. The molecule has 0 bridgehead atoms. The highest BCUT2D eigenvalue weighted by atomic mass is 35.5. The second-order valence-corrected chi connectivity index (χ2v) is 9.73. The zero-order chi connectivity index (χ0) is 25.1. The molecule has 5 nitrogen and oxygen atoms in total. The first-order valence-electron chi connectivity index (χ1n) is 11.9. The minimum Gasteiger partial charge on any atom is -0.353 e. The van der Waals surface area contributed by atoms with Crippen molar-refractivity contribution in [2.24, 2.45) is 0 Å². The maximum atomic E-state index is 14.6. The van der Waals surface area contributed by atoms with Crippen LogP contribution in [0.15, 0.2) is 42.5 Å². The van der Waals surface area contributed by atoms with Crippen molar-refractivity contribution in [2.75, 3.05) is 31.1 Å². The van der Waals surface area contributed by atoms with Gasteiger partial charge in [-0.15, -0.1) is 0 Å². The summed E-state index contributed by atoms with van der Waals surface area (Å²) in [6.45, 7) is 8.42. The van der Waals surface area contributed by atoms with E-state index in [9.17, 15) is 9.18 Å². The summed E-state index contributed by atoms with van der Waals surface area (Å²) >= 11 is 12.6. The van der Waals surface area contributed by atoms with E-state index in [-0.39, 0.29) is 17.6 Å². The van der Waals surface area contributed by atoms with Crippen LogP contribution >= 0.6 is 23.2 Å². The number of hydrogen-bond donors (Lipinski definition) is 0. The van der Waals surface area contributed by atoms with Gasteiger partial charge in [0.1, 0.15) is 17.5 Å². The molecule has 0 radical (unpaired) electrons. The molecule has 0 saturated carbocycles. The Labute approximate surface area is 215 Å². The molecule has 1 aliphatic rings. The molecule has 184 valence electrons. The van der Waals surface area contributed by atoms with Gasteiger partial charge in [0.05, 0.1) is 10.6 Å². The molecule has 1 saturated heterocycles. The molecule has 1 atom stereocenters. The van der Waals surface area contributed by atoms with E-state index in [1.54, 1.807) is 24.3 Å². The molecule has 1 fully saturated rings. The van der Waals surface area contributed by atoms with E-state index in [4.69, 9.17) is 33.2 Å². The lowest BCUT2D eigenvalue weighted by Crippen LogP contribution is -2.49. The number of rotatable bonds is 6. The molecule has 8 heteroatoms. The van der Waals surface area contributed by atoms with Crippen LogP contribution in [0.4, 0.5) is 10.2 Å². The van der Waals surface area contributed by atoms with Gasteiger partial charge in [-0.1, -0.05) is 55.2 Å². The second kappa shape index (κ2) is 10.9. The molecule has 0 unspecified atom stereocenters. The van der Waals surface area contributed by atoms with Crippen LogP contribution in [0.2, 0.25) is 10.0 Å². The van der Waals surface area contributed by atoms with Crippen LogP contribution in [0.25, 0.3) is 0 Å². The smallest absolute Gasteiger partial charge is 0.255 e. The third-order valence-corrected chi connectivity index (χ3v) is 7.33. The Morgan fingerprint density at radius 3 is 2.34 bits per heavy atom. The first-order chi connectivity index (χ1) is 16.8. The summed E-state index contributed by atoms with van der Waals surface area (Å²) in [5.41, 5.74) is 2.62. The maximum Gasteiger partial charge on any atom is 0.255 e. The average molecular weight is 515 g/mol. The maximum absolute atomic E-state index is 14.6. The number of carbonyl (C=O) groups excluding carboxylic acids is 1. The number of carbonyl (C=O) groups is 1. The van der Waals surface area contributed by atoms with E-state index in [1.165, 1.54) is 6.07 Å². The van der Waals surface area contributed by atoms with E-state index in [2.05, 4.69) is 18.7 Å². The predicted octanol–water partition coefficient (Wildman–Crippen LogP) is 6.30. The SMILES string of the molecule is CC[C@@H](C)c1nc(C)c(Cc2c(F)cccc2Cl)c(N2CCN(C(=O)c3ccccc3Cl)CC2)n1. The summed E-state index contributed by atoms with van der Waals surface area (Å²) < 4.78 is 14.6. The Bertz CT molecular complexity index is 1210. The molecule has 3 aromatic rings. The number of hydrogen-bond acceptors (Lipinski definition) is 4. The number of nitrogens with zero attached hydrogens (tertiary/aromatic N) is 4. The zero-order valence-electron chi connectivity index (χ0n) is 20.2. The van der Waals surface area contributed by atoms with Gasteiger partial charge in [0, 0.05) is 60.4 Å². The Morgan fingerprint density at radius 1 is 1.00 bits per heavy atom. The third kappa shape index (κ3) is 5.44. The minimum absolute atomic E-state index is 0.0761. The largest absolute Gasteiger partial charge is 0.353 e. The summed E-state index contributed by atoms with van der Waals surface area (Å²) in [6.07, 6.45) is 1.21. The summed E-state index contributed by atoms with van der Waals surface area (Å²) in [7, 11) is 0. The van der Waals surface area contributed by atoms with Crippen LogP contribution in [0.3, 0.4) is 0 Å². The average Bonchev–Trinajstić information content (AvgIpc) is 2.86. The van der Waals surface area contributed by atoms with Gasteiger partial charge in [0.2, 0.25) is 0 Å². The molecule has 2 heterocycles. The van der Waals surface area contributed by atoms with Crippen LogP contribution in [-0.2, 0) is 6.42 Å². The molecular formula is C27H29Cl2FN4O. The van der Waals surface area contributed by atoms with E-state index in [1.807, 2.05) is 24.0 Å². The van der Waals surface area contributed by atoms with Crippen LogP contribution in [0.1, 0.15) is 59.2 Å². The topological polar surface area (TPSA) is 49.3 Å². The molecule has 0 spiro atoms. The Kier molecular flexibility index (Phi) is 7.92. The fraction of sp³-hybridized carbons (Fsp3) is 0.370. The van der Waals surface area contributed by atoms with Gasteiger partial charge in [-0.3, -0.25) is 4.79 Å². The van der Waals surface area contributed by atoms with Crippen molar-refractivity contribution in [3.8, 4) is 0 Å². The molecule has 0 aliphatic carbocycles.